The Balaban J connectivity index is 2.73. The van der Waals surface area contributed by atoms with Crippen LogP contribution in [0.5, 0.6) is 0 Å². The summed E-state index contributed by atoms with van der Waals surface area (Å²) in [6.45, 7) is 4.22. The fraction of sp³-hybridized carbons (Fsp3) is 0.615. The van der Waals surface area contributed by atoms with Gasteiger partial charge < -0.3 is 15.3 Å². The van der Waals surface area contributed by atoms with Crippen molar-refractivity contribution in [2.24, 2.45) is 0 Å². The molecule has 1 aliphatic heterocycles. The van der Waals surface area contributed by atoms with Crippen LogP contribution in [0.15, 0.2) is 11.8 Å². The highest BCUT2D eigenvalue weighted by molar-refractivity contribution is 5.99. The molecule has 19 heavy (non-hydrogen) atoms. The molecule has 2 unspecified atom stereocenters. The van der Waals surface area contributed by atoms with Gasteiger partial charge in [0.05, 0.1) is 0 Å². The Bertz CT molecular complexity index is 425. The number of piperidine rings is 1. The second-order valence-electron chi connectivity index (χ2n) is 4.77. The zero-order valence-electron chi connectivity index (χ0n) is 11.2. The molecule has 2 N–H and O–H groups in total. The van der Waals surface area contributed by atoms with Gasteiger partial charge in [0.2, 0.25) is 0 Å². The van der Waals surface area contributed by atoms with Crippen LogP contribution in [0.3, 0.4) is 0 Å². The fourth-order valence-corrected chi connectivity index (χ4v) is 1.95. The van der Waals surface area contributed by atoms with E-state index in [1.807, 2.05) is 17.9 Å². The van der Waals surface area contributed by atoms with Gasteiger partial charge in [0.1, 0.15) is 17.7 Å². The average Bonchev–Trinajstić information content (AvgIpc) is 2.37. The summed E-state index contributed by atoms with van der Waals surface area (Å²) in [6.07, 6.45) is 4.75. The lowest BCUT2D eigenvalue weighted by molar-refractivity contribution is -0.140. The first-order valence-corrected chi connectivity index (χ1v) is 6.37. The fourth-order valence-electron chi connectivity index (χ4n) is 1.95. The number of hydrogen-bond acceptors (Lipinski definition) is 4. The molecule has 0 aromatic carbocycles. The SMILES string of the molecule is CC(NC(=O)/C(C#N)=C\N1CCCCC1C)C(=O)O. The predicted octanol–water partition coefficient (Wildman–Crippen LogP) is 0.858. The molecule has 2 atom stereocenters. The van der Waals surface area contributed by atoms with Gasteiger partial charge in [0, 0.05) is 18.8 Å². The molecule has 0 aliphatic carbocycles. The molecular weight excluding hydrogens is 246 g/mol. The molecule has 104 valence electrons. The van der Waals surface area contributed by atoms with Crippen molar-refractivity contribution in [2.75, 3.05) is 6.54 Å². The number of nitrogens with zero attached hydrogens (tertiary/aromatic N) is 2. The van der Waals surface area contributed by atoms with Crippen molar-refractivity contribution in [2.45, 2.75) is 45.2 Å². The Morgan fingerprint density at radius 2 is 2.21 bits per heavy atom. The number of nitriles is 1. The van der Waals surface area contributed by atoms with Crippen LogP contribution < -0.4 is 5.32 Å². The number of carboxylic acids is 1. The quantitative estimate of drug-likeness (QED) is 0.581. The summed E-state index contributed by atoms with van der Waals surface area (Å²) in [5.41, 5.74) is -0.0538. The van der Waals surface area contributed by atoms with Crippen LogP contribution in [0, 0.1) is 11.3 Å². The minimum Gasteiger partial charge on any atom is -0.480 e. The molecule has 0 aromatic rings. The zero-order chi connectivity index (χ0) is 14.4. The van der Waals surface area contributed by atoms with Gasteiger partial charge in [-0.05, 0) is 33.1 Å². The maximum absolute atomic E-state index is 11.8. The van der Waals surface area contributed by atoms with Crippen molar-refractivity contribution < 1.29 is 14.7 Å². The molecule has 1 heterocycles. The van der Waals surface area contributed by atoms with E-state index in [2.05, 4.69) is 5.32 Å². The first-order chi connectivity index (χ1) is 8.95. The highest BCUT2D eigenvalue weighted by Gasteiger charge is 2.20. The van der Waals surface area contributed by atoms with Crippen molar-refractivity contribution >= 4 is 11.9 Å². The Morgan fingerprint density at radius 1 is 1.53 bits per heavy atom. The van der Waals surface area contributed by atoms with Crippen LogP contribution in [0.4, 0.5) is 0 Å². The van der Waals surface area contributed by atoms with Crippen LogP contribution in [0.2, 0.25) is 0 Å². The smallest absolute Gasteiger partial charge is 0.325 e. The van der Waals surface area contributed by atoms with Crippen molar-refractivity contribution in [3.63, 3.8) is 0 Å². The molecule has 0 spiro atoms. The Labute approximate surface area is 112 Å². The monoisotopic (exact) mass is 265 g/mol. The molecule has 0 radical (unpaired) electrons. The second kappa shape index (κ2) is 6.78. The Hall–Kier alpha value is -2.03. The van der Waals surface area contributed by atoms with Crippen LogP contribution in [0.1, 0.15) is 33.1 Å². The molecule has 0 saturated carbocycles. The van der Waals surface area contributed by atoms with Crippen molar-refractivity contribution in [1.29, 1.82) is 5.26 Å². The Morgan fingerprint density at radius 3 is 2.74 bits per heavy atom. The summed E-state index contributed by atoms with van der Waals surface area (Å²) < 4.78 is 0. The molecular formula is C13H19N3O3. The molecule has 1 aliphatic rings. The number of aliphatic carboxylic acids is 1. The number of carbonyl (C=O) groups is 2. The minimum absolute atomic E-state index is 0.0538. The van der Waals surface area contributed by atoms with E-state index in [0.717, 1.165) is 25.8 Å². The number of rotatable bonds is 4. The third kappa shape index (κ3) is 4.28. The van der Waals surface area contributed by atoms with E-state index < -0.39 is 17.9 Å². The molecule has 6 nitrogen and oxygen atoms in total. The van der Waals surface area contributed by atoms with Gasteiger partial charge >= 0.3 is 5.97 Å². The number of amides is 1. The lowest BCUT2D eigenvalue weighted by Crippen LogP contribution is -2.40. The normalized spacial score (nSPS) is 21.4. The van der Waals surface area contributed by atoms with Crippen molar-refractivity contribution in [3.8, 4) is 6.07 Å². The lowest BCUT2D eigenvalue weighted by Gasteiger charge is -2.32. The topological polar surface area (TPSA) is 93.4 Å². The first kappa shape index (κ1) is 15.0. The van der Waals surface area contributed by atoms with Crippen molar-refractivity contribution in [3.05, 3.63) is 11.8 Å². The largest absolute Gasteiger partial charge is 0.480 e. The number of carboxylic acid groups (broad SMARTS) is 1. The summed E-state index contributed by atoms with van der Waals surface area (Å²) in [6, 6.07) is 1.11. The molecule has 1 saturated heterocycles. The number of nitrogens with one attached hydrogen (secondary N) is 1. The maximum atomic E-state index is 11.8. The molecule has 0 bridgehead atoms. The summed E-state index contributed by atoms with van der Waals surface area (Å²) in [7, 11) is 0. The Kier molecular flexibility index (Phi) is 5.37. The highest BCUT2D eigenvalue weighted by Crippen LogP contribution is 2.17. The standard InChI is InChI=1S/C13H19N3O3/c1-9-5-3-4-6-16(9)8-11(7-14)12(17)15-10(2)13(18)19/h8-10H,3-6H2,1-2H3,(H,15,17)(H,18,19)/b11-8-. The van der Waals surface area contributed by atoms with E-state index in [1.54, 1.807) is 0 Å². The van der Waals surface area contributed by atoms with Crippen LogP contribution in [-0.2, 0) is 9.59 Å². The third-order valence-corrected chi connectivity index (χ3v) is 3.23. The van der Waals surface area contributed by atoms with Gasteiger partial charge in [0.25, 0.3) is 5.91 Å². The summed E-state index contributed by atoms with van der Waals surface area (Å²) in [5, 5.41) is 20.0. The number of likely N-dealkylation sites (tertiary alicyclic amines) is 1. The number of hydrogen-bond donors (Lipinski definition) is 2. The second-order valence-corrected chi connectivity index (χ2v) is 4.77. The summed E-state index contributed by atoms with van der Waals surface area (Å²) >= 11 is 0. The van der Waals surface area contributed by atoms with Crippen LogP contribution in [0.25, 0.3) is 0 Å². The minimum atomic E-state index is -1.13. The summed E-state index contributed by atoms with van der Waals surface area (Å²) in [4.78, 5) is 24.4. The molecule has 1 rings (SSSR count). The first-order valence-electron chi connectivity index (χ1n) is 6.37. The molecule has 1 amide bonds. The highest BCUT2D eigenvalue weighted by atomic mass is 16.4. The van der Waals surface area contributed by atoms with Crippen LogP contribution in [-0.4, -0.2) is 40.5 Å². The van der Waals surface area contributed by atoms with Gasteiger partial charge in [0.15, 0.2) is 0 Å². The third-order valence-electron chi connectivity index (χ3n) is 3.23. The van der Waals surface area contributed by atoms with E-state index >= 15 is 0 Å². The summed E-state index contributed by atoms with van der Waals surface area (Å²) in [5.74, 6) is -1.77. The molecule has 1 fully saturated rings. The van der Waals surface area contributed by atoms with E-state index in [4.69, 9.17) is 10.4 Å². The molecule has 6 heteroatoms. The van der Waals surface area contributed by atoms with E-state index in [0.29, 0.717) is 6.04 Å². The van der Waals surface area contributed by atoms with E-state index in [9.17, 15) is 9.59 Å². The van der Waals surface area contributed by atoms with Gasteiger partial charge in [-0.15, -0.1) is 0 Å². The zero-order valence-corrected chi connectivity index (χ0v) is 11.2. The van der Waals surface area contributed by atoms with Gasteiger partial charge in [-0.25, -0.2) is 0 Å². The average molecular weight is 265 g/mol. The van der Waals surface area contributed by atoms with Gasteiger partial charge in [-0.2, -0.15) is 5.26 Å². The van der Waals surface area contributed by atoms with E-state index in [-0.39, 0.29) is 5.57 Å². The predicted molar refractivity (Wildman–Crippen MR) is 69.0 cm³/mol. The van der Waals surface area contributed by atoms with E-state index in [1.165, 1.54) is 13.1 Å². The number of carbonyl (C=O) groups excluding carboxylic acids is 1. The van der Waals surface area contributed by atoms with Crippen molar-refractivity contribution in [1.82, 2.24) is 10.2 Å². The van der Waals surface area contributed by atoms with Gasteiger partial charge in [-0.3, -0.25) is 9.59 Å². The van der Waals surface area contributed by atoms with Gasteiger partial charge in [-0.1, -0.05) is 0 Å². The lowest BCUT2D eigenvalue weighted by atomic mass is 10.0. The molecule has 0 aromatic heterocycles. The maximum Gasteiger partial charge on any atom is 0.325 e. The van der Waals surface area contributed by atoms with Crippen LogP contribution >= 0.6 is 0 Å².